The molecule has 1 aliphatic carbocycles. The first kappa shape index (κ1) is 28.6. The number of para-hydroxylation sites is 1. The highest BCUT2D eigenvalue weighted by Gasteiger charge is 2.33. The van der Waals surface area contributed by atoms with Crippen LogP contribution in [-0.4, -0.2) is 43.8 Å². The van der Waals surface area contributed by atoms with Crippen molar-refractivity contribution in [1.29, 1.82) is 0 Å². The highest BCUT2D eigenvalue weighted by molar-refractivity contribution is 7.92. The molecule has 1 atom stereocenters. The summed E-state index contributed by atoms with van der Waals surface area (Å²) in [6.45, 7) is 3.19. The third kappa shape index (κ3) is 6.99. The average molecular weight is 568 g/mol. The molecule has 39 heavy (non-hydrogen) atoms. The highest BCUT2D eigenvalue weighted by atomic mass is 35.5. The molecular weight excluding hydrogens is 534 g/mol. The Balaban J connectivity index is 1.68. The summed E-state index contributed by atoms with van der Waals surface area (Å²) in [5, 5.41) is 3.48. The maximum atomic E-state index is 14.0. The van der Waals surface area contributed by atoms with Crippen LogP contribution in [-0.2, 0) is 26.2 Å². The first-order valence-electron chi connectivity index (χ1n) is 13.1. The molecule has 1 fully saturated rings. The molecule has 0 spiro atoms. The summed E-state index contributed by atoms with van der Waals surface area (Å²) in [6.07, 6.45) is 3.98. The fourth-order valence-corrected chi connectivity index (χ4v) is 6.45. The molecule has 3 aromatic carbocycles. The van der Waals surface area contributed by atoms with E-state index in [1.165, 1.54) is 29.2 Å². The number of carbonyl (C=O) groups is 2. The number of anilines is 1. The minimum atomic E-state index is -4.13. The van der Waals surface area contributed by atoms with Gasteiger partial charge in [-0.2, -0.15) is 0 Å². The molecule has 0 aromatic heterocycles. The van der Waals surface area contributed by atoms with Crippen LogP contribution in [0.15, 0.2) is 83.8 Å². The summed E-state index contributed by atoms with van der Waals surface area (Å²) in [5.41, 5.74) is 1.93. The number of halogens is 1. The number of rotatable bonds is 10. The van der Waals surface area contributed by atoms with Crippen LogP contribution in [0, 0.1) is 6.92 Å². The van der Waals surface area contributed by atoms with Crippen molar-refractivity contribution in [2.24, 2.45) is 0 Å². The third-order valence-corrected chi connectivity index (χ3v) is 9.16. The molecule has 1 aliphatic rings. The quantitative estimate of drug-likeness (QED) is 0.359. The van der Waals surface area contributed by atoms with Gasteiger partial charge in [0.15, 0.2) is 0 Å². The number of nitrogens with zero attached hydrogens (tertiary/aromatic N) is 2. The predicted octanol–water partition coefficient (Wildman–Crippen LogP) is 5.32. The molecule has 1 saturated carbocycles. The van der Waals surface area contributed by atoms with Gasteiger partial charge in [-0.3, -0.25) is 13.9 Å². The van der Waals surface area contributed by atoms with Gasteiger partial charge in [-0.1, -0.05) is 73.0 Å². The van der Waals surface area contributed by atoms with Crippen molar-refractivity contribution in [3.8, 4) is 0 Å². The van der Waals surface area contributed by atoms with Crippen molar-refractivity contribution in [3.63, 3.8) is 0 Å². The van der Waals surface area contributed by atoms with E-state index in [9.17, 15) is 18.0 Å². The van der Waals surface area contributed by atoms with Crippen molar-refractivity contribution in [1.82, 2.24) is 10.2 Å². The number of nitrogens with one attached hydrogen (secondary N) is 1. The lowest BCUT2D eigenvalue weighted by atomic mass is 10.1. The van der Waals surface area contributed by atoms with Gasteiger partial charge < -0.3 is 10.2 Å². The van der Waals surface area contributed by atoms with E-state index in [0.29, 0.717) is 16.3 Å². The zero-order valence-electron chi connectivity index (χ0n) is 22.2. The fourth-order valence-electron chi connectivity index (χ4n) is 4.85. The normalized spacial score (nSPS) is 14.5. The van der Waals surface area contributed by atoms with E-state index in [4.69, 9.17) is 11.6 Å². The number of hydrogen-bond acceptors (Lipinski definition) is 4. The minimum Gasteiger partial charge on any atom is -0.352 e. The Morgan fingerprint density at radius 1 is 0.949 bits per heavy atom. The monoisotopic (exact) mass is 567 g/mol. The predicted molar refractivity (Wildman–Crippen MR) is 154 cm³/mol. The summed E-state index contributed by atoms with van der Waals surface area (Å²) >= 11 is 6.00. The van der Waals surface area contributed by atoms with E-state index < -0.39 is 28.5 Å². The van der Waals surface area contributed by atoms with Gasteiger partial charge in [0.05, 0.1) is 10.6 Å². The number of carbonyl (C=O) groups excluding carboxylic acids is 2. The Labute approximate surface area is 235 Å². The molecule has 0 bridgehead atoms. The third-order valence-electron chi connectivity index (χ3n) is 7.13. The standard InChI is InChI=1S/C30H34ClN3O4S/c1-22-10-6-9-15-28(22)34(39(37,38)27-18-16-25(31)17-19-27)21-29(35)33(20-24-11-4-3-5-12-24)23(2)30(36)32-26-13-7-8-14-26/h3-6,9-12,15-19,23,26H,7-8,13-14,20-21H2,1-2H3,(H,32,36). The highest BCUT2D eigenvalue weighted by Crippen LogP contribution is 2.28. The molecule has 9 heteroatoms. The number of benzene rings is 3. The summed E-state index contributed by atoms with van der Waals surface area (Å²) < 4.78 is 28.9. The van der Waals surface area contributed by atoms with Crippen LogP contribution in [0.25, 0.3) is 0 Å². The van der Waals surface area contributed by atoms with Crippen LogP contribution in [0.3, 0.4) is 0 Å². The molecule has 0 aliphatic heterocycles. The van der Waals surface area contributed by atoms with E-state index in [1.807, 2.05) is 36.4 Å². The van der Waals surface area contributed by atoms with Gasteiger partial charge in [0.25, 0.3) is 10.0 Å². The zero-order chi connectivity index (χ0) is 28.0. The number of aryl methyl sites for hydroxylation is 1. The van der Waals surface area contributed by atoms with Crippen LogP contribution in [0.2, 0.25) is 5.02 Å². The molecule has 2 amide bonds. The second-order valence-electron chi connectivity index (χ2n) is 9.93. The molecule has 7 nitrogen and oxygen atoms in total. The van der Waals surface area contributed by atoms with E-state index in [0.717, 1.165) is 35.6 Å². The lowest BCUT2D eigenvalue weighted by molar-refractivity contribution is -0.139. The lowest BCUT2D eigenvalue weighted by Gasteiger charge is -2.33. The van der Waals surface area contributed by atoms with Crippen LogP contribution in [0.4, 0.5) is 5.69 Å². The first-order valence-corrected chi connectivity index (χ1v) is 15.0. The average Bonchev–Trinajstić information content (AvgIpc) is 3.44. The molecule has 0 saturated heterocycles. The summed E-state index contributed by atoms with van der Waals surface area (Å²) in [5.74, 6) is -0.720. The number of hydrogen-bond donors (Lipinski definition) is 1. The second-order valence-corrected chi connectivity index (χ2v) is 12.2. The van der Waals surface area contributed by atoms with Gasteiger partial charge in [0.2, 0.25) is 11.8 Å². The van der Waals surface area contributed by atoms with Gasteiger partial charge in [-0.25, -0.2) is 8.42 Å². The largest absolute Gasteiger partial charge is 0.352 e. The van der Waals surface area contributed by atoms with Crippen molar-refractivity contribution >= 4 is 39.1 Å². The molecule has 3 aromatic rings. The number of sulfonamides is 1. The van der Waals surface area contributed by atoms with Crippen LogP contribution >= 0.6 is 11.6 Å². The van der Waals surface area contributed by atoms with E-state index in [-0.39, 0.29) is 23.4 Å². The summed E-state index contributed by atoms with van der Waals surface area (Å²) in [7, 11) is -4.13. The van der Waals surface area contributed by atoms with Crippen molar-refractivity contribution in [3.05, 3.63) is 95.0 Å². The maximum absolute atomic E-state index is 14.0. The summed E-state index contributed by atoms with van der Waals surface area (Å²) in [6, 6.07) is 21.5. The number of amides is 2. The van der Waals surface area contributed by atoms with Crippen molar-refractivity contribution in [2.45, 2.75) is 63.1 Å². The molecule has 1 unspecified atom stereocenters. The molecule has 1 N–H and O–H groups in total. The van der Waals surface area contributed by atoms with E-state index >= 15 is 0 Å². The van der Waals surface area contributed by atoms with Gasteiger partial charge in [-0.15, -0.1) is 0 Å². The maximum Gasteiger partial charge on any atom is 0.264 e. The Hall–Kier alpha value is -3.36. The molecule has 0 heterocycles. The topological polar surface area (TPSA) is 86.8 Å². The van der Waals surface area contributed by atoms with Crippen LogP contribution < -0.4 is 9.62 Å². The SMILES string of the molecule is Cc1ccccc1N(CC(=O)N(Cc1ccccc1)C(C)C(=O)NC1CCCC1)S(=O)(=O)c1ccc(Cl)cc1. The van der Waals surface area contributed by atoms with Crippen molar-refractivity contribution < 1.29 is 18.0 Å². The zero-order valence-corrected chi connectivity index (χ0v) is 23.8. The second kappa shape index (κ2) is 12.7. The van der Waals surface area contributed by atoms with Gasteiger partial charge >= 0.3 is 0 Å². The molecular formula is C30H34ClN3O4S. The Bertz CT molecular complexity index is 1390. The first-order chi connectivity index (χ1) is 18.7. The van der Waals surface area contributed by atoms with Gasteiger partial charge in [-0.05, 0) is 68.1 Å². The van der Waals surface area contributed by atoms with E-state index in [1.54, 1.807) is 32.0 Å². The molecule has 206 valence electrons. The Morgan fingerprint density at radius 3 is 2.21 bits per heavy atom. The Kier molecular flexibility index (Phi) is 9.30. The van der Waals surface area contributed by atoms with Crippen LogP contribution in [0.1, 0.15) is 43.7 Å². The smallest absolute Gasteiger partial charge is 0.264 e. The van der Waals surface area contributed by atoms with Gasteiger partial charge in [0.1, 0.15) is 12.6 Å². The van der Waals surface area contributed by atoms with E-state index in [2.05, 4.69) is 5.32 Å². The van der Waals surface area contributed by atoms with Gasteiger partial charge in [0, 0.05) is 17.6 Å². The van der Waals surface area contributed by atoms with Crippen LogP contribution in [0.5, 0.6) is 0 Å². The molecule has 4 rings (SSSR count). The molecule has 0 radical (unpaired) electrons. The fraction of sp³-hybridized carbons (Fsp3) is 0.333. The Morgan fingerprint density at radius 2 is 1.56 bits per heavy atom. The minimum absolute atomic E-state index is 0.0181. The lowest BCUT2D eigenvalue weighted by Crippen LogP contribution is -2.52. The van der Waals surface area contributed by atoms with Crippen molar-refractivity contribution in [2.75, 3.05) is 10.8 Å². The summed E-state index contributed by atoms with van der Waals surface area (Å²) in [4.78, 5) is 28.7.